The predicted octanol–water partition coefficient (Wildman–Crippen LogP) is 2.14. The molecule has 1 N–H and O–H groups in total. The van der Waals surface area contributed by atoms with E-state index in [2.05, 4.69) is 13.8 Å². The molecule has 1 rings (SSSR count). The van der Waals surface area contributed by atoms with Crippen LogP contribution in [0.2, 0.25) is 0 Å². The van der Waals surface area contributed by atoms with Crippen LogP contribution >= 0.6 is 0 Å². The Hall–Kier alpha value is -1.06. The lowest BCUT2D eigenvalue weighted by Gasteiger charge is -2.22. The average Bonchev–Trinajstić information content (AvgIpc) is 2.77. The number of carboxylic acids is 1. The third kappa shape index (κ3) is 3.72. The highest BCUT2D eigenvalue weighted by molar-refractivity contribution is 5.80. The molecule has 98 valence electrons. The van der Waals surface area contributed by atoms with Crippen LogP contribution in [0.15, 0.2) is 0 Å². The highest BCUT2D eigenvalue weighted by Crippen LogP contribution is 2.22. The zero-order valence-electron chi connectivity index (χ0n) is 10.8. The normalized spacial score (nSPS) is 19.9. The Labute approximate surface area is 103 Å². The van der Waals surface area contributed by atoms with Gasteiger partial charge in [-0.2, -0.15) is 0 Å². The van der Waals surface area contributed by atoms with Crippen molar-refractivity contribution in [3.8, 4) is 0 Å². The summed E-state index contributed by atoms with van der Waals surface area (Å²) in [5.41, 5.74) is 0. The Morgan fingerprint density at radius 3 is 2.29 bits per heavy atom. The number of carbonyl (C=O) groups excluding carboxylic acids is 1. The highest BCUT2D eigenvalue weighted by atomic mass is 16.4. The van der Waals surface area contributed by atoms with Gasteiger partial charge in [0.1, 0.15) is 0 Å². The third-order valence-electron chi connectivity index (χ3n) is 3.47. The van der Waals surface area contributed by atoms with E-state index in [-0.39, 0.29) is 17.7 Å². The van der Waals surface area contributed by atoms with E-state index in [9.17, 15) is 9.59 Å². The van der Waals surface area contributed by atoms with Crippen molar-refractivity contribution >= 4 is 11.9 Å². The van der Waals surface area contributed by atoms with E-state index in [1.807, 2.05) is 0 Å². The first-order valence-corrected chi connectivity index (χ1v) is 6.61. The molecule has 0 bridgehead atoms. The minimum Gasteiger partial charge on any atom is -0.481 e. The largest absolute Gasteiger partial charge is 0.481 e. The molecule has 1 fully saturated rings. The van der Waals surface area contributed by atoms with Crippen LogP contribution in [0.1, 0.15) is 46.0 Å². The van der Waals surface area contributed by atoms with Crippen molar-refractivity contribution in [2.75, 3.05) is 13.1 Å². The first kappa shape index (κ1) is 14.0. The van der Waals surface area contributed by atoms with Crippen molar-refractivity contribution in [3.63, 3.8) is 0 Å². The third-order valence-corrected chi connectivity index (χ3v) is 3.47. The number of hydrogen-bond donors (Lipinski definition) is 1. The summed E-state index contributed by atoms with van der Waals surface area (Å²) in [6, 6.07) is 0. The molecule has 1 atom stereocenters. The molecule has 1 amide bonds. The van der Waals surface area contributed by atoms with Gasteiger partial charge in [-0.15, -0.1) is 0 Å². The number of amides is 1. The van der Waals surface area contributed by atoms with Crippen LogP contribution in [0.3, 0.4) is 0 Å². The monoisotopic (exact) mass is 241 g/mol. The fraction of sp³-hybridized carbons (Fsp3) is 0.846. The first-order chi connectivity index (χ1) is 8.10. The Kier molecular flexibility index (Phi) is 5.45. The quantitative estimate of drug-likeness (QED) is 0.775. The Morgan fingerprint density at radius 1 is 1.29 bits per heavy atom. The van der Waals surface area contributed by atoms with Gasteiger partial charge in [0.2, 0.25) is 5.91 Å². The summed E-state index contributed by atoms with van der Waals surface area (Å²) in [5, 5.41) is 8.92. The lowest BCUT2D eigenvalue weighted by atomic mass is 9.97. The number of carboxylic acid groups (broad SMARTS) is 1. The molecule has 1 aliphatic rings. The topological polar surface area (TPSA) is 57.6 Å². The summed E-state index contributed by atoms with van der Waals surface area (Å²) in [4.78, 5) is 24.8. The van der Waals surface area contributed by atoms with Crippen molar-refractivity contribution in [3.05, 3.63) is 0 Å². The molecule has 4 nitrogen and oxygen atoms in total. The number of nitrogens with zero attached hydrogens (tertiary/aromatic N) is 1. The van der Waals surface area contributed by atoms with Gasteiger partial charge in [0.05, 0.1) is 5.92 Å². The molecule has 1 aliphatic heterocycles. The van der Waals surface area contributed by atoms with Gasteiger partial charge in [0, 0.05) is 19.0 Å². The van der Waals surface area contributed by atoms with E-state index in [0.717, 1.165) is 25.7 Å². The van der Waals surface area contributed by atoms with Crippen molar-refractivity contribution < 1.29 is 14.7 Å². The molecule has 0 radical (unpaired) electrons. The zero-order valence-corrected chi connectivity index (χ0v) is 10.8. The number of aliphatic carboxylic acids is 1. The molecule has 1 heterocycles. The van der Waals surface area contributed by atoms with E-state index in [4.69, 9.17) is 5.11 Å². The maximum absolute atomic E-state index is 12.2. The van der Waals surface area contributed by atoms with Crippen molar-refractivity contribution in [2.45, 2.75) is 46.0 Å². The summed E-state index contributed by atoms with van der Waals surface area (Å²) < 4.78 is 0. The molecular formula is C13H23NO3. The van der Waals surface area contributed by atoms with Crippen LogP contribution in [0.4, 0.5) is 0 Å². The molecule has 0 aliphatic carbocycles. The van der Waals surface area contributed by atoms with E-state index < -0.39 is 5.97 Å². The van der Waals surface area contributed by atoms with Gasteiger partial charge in [0.25, 0.3) is 0 Å². The molecule has 1 saturated heterocycles. The summed E-state index contributed by atoms with van der Waals surface area (Å²) in [7, 11) is 0. The van der Waals surface area contributed by atoms with Gasteiger partial charge < -0.3 is 10.0 Å². The average molecular weight is 241 g/mol. The second-order valence-electron chi connectivity index (χ2n) is 4.88. The second kappa shape index (κ2) is 6.62. The fourth-order valence-electron chi connectivity index (χ4n) is 2.51. The van der Waals surface area contributed by atoms with Crippen molar-refractivity contribution in [1.29, 1.82) is 0 Å². The summed E-state index contributed by atoms with van der Waals surface area (Å²) in [6.07, 6.45) is 4.45. The van der Waals surface area contributed by atoms with Crippen molar-refractivity contribution in [1.82, 2.24) is 4.90 Å². The predicted molar refractivity (Wildman–Crippen MR) is 65.6 cm³/mol. The second-order valence-corrected chi connectivity index (χ2v) is 4.88. The van der Waals surface area contributed by atoms with Crippen LogP contribution < -0.4 is 0 Å². The van der Waals surface area contributed by atoms with Crippen LogP contribution in [-0.4, -0.2) is 35.0 Å². The van der Waals surface area contributed by atoms with E-state index in [1.165, 1.54) is 0 Å². The molecule has 0 unspecified atom stereocenters. The highest BCUT2D eigenvalue weighted by Gasteiger charge is 2.33. The van der Waals surface area contributed by atoms with Crippen LogP contribution in [0, 0.1) is 11.8 Å². The Morgan fingerprint density at radius 2 is 1.88 bits per heavy atom. The Balaban J connectivity index is 2.54. The molecule has 0 aromatic carbocycles. The molecule has 4 heteroatoms. The first-order valence-electron chi connectivity index (χ1n) is 6.61. The Bertz CT molecular complexity index is 272. The van der Waals surface area contributed by atoms with Gasteiger partial charge in [-0.05, 0) is 19.3 Å². The van der Waals surface area contributed by atoms with Crippen LogP contribution in [-0.2, 0) is 9.59 Å². The molecule has 0 aromatic rings. The molecule has 0 saturated carbocycles. The summed E-state index contributed by atoms with van der Waals surface area (Å²) in [5.74, 6) is -0.874. The number of carbonyl (C=O) groups is 2. The van der Waals surface area contributed by atoms with Gasteiger partial charge in [-0.3, -0.25) is 9.59 Å². The molecule has 17 heavy (non-hydrogen) atoms. The minimum atomic E-state index is -0.775. The SMILES string of the molecule is CCCC(CCC)C(=O)N1CC[C@@H](C(=O)O)C1. The lowest BCUT2D eigenvalue weighted by Crippen LogP contribution is -2.35. The van der Waals surface area contributed by atoms with E-state index in [1.54, 1.807) is 4.90 Å². The number of rotatable bonds is 6. The van der Waals surface area contributed by atoms with Gasteiger partial charge >= 0.3 is 5.97 Å². The lowest BCUT2D eigenvalue weighted by molar-refractivity contribution is -0.141. The maximum atomic E-state index is 12.2. The smallest absolute Gasteiger partial charge is 0.308 e. The summed E-state index contributed by atoms with van der Waals surface area (Å²) >= 11 is 0. The van der Waals surface area contributed by atoms with Gasteiger partial charge in [0.15, 0.2) is 0 Å². The zero-order chi connectivity index (χ0) is 12.8. The van der Waals surface area contributed by atoms with Crippen LogP contribution in [0.5, 0.6) is 0 Å². The number of likely N-dealkylation sites (tertiary alicyclic amines) is 1. The van der Waals surface area contributed by atoms with Gasteiger partial charge in [-0.25, -0.2) is 0 Å². The summed E-state index contributed by atoms with van der Waals surface area (Å²) in [6.45, 7) is 5.18. The molecule has 0 spiro atoms. The molecular weight excluding hydrogens is 218 g/mol. The standard InChI is InChI=1S/C13H23NO3/c1-3-5-10(6-4-2)12(15)14-8-7-11(9-14)13(16)17/h10-11H,3-9H2,1-2H3,(H,16,17)/t11-/m1/s1. The maximum Gasteiger partial charge on any atom is 0.308 e. The fourth-order valence-corrected chi connectivity index (χ4v) is 2.51. The molecule has 0 aromatic heterocycles. The van der Waals surface area contributed by atoms with Crippen molar-refractivity contribution in [2.24, 2.45) is 11.8 Å². The minimum absolute atomic E-state index is 0.0949. The van der Waals surface area contributed by atoms with Gasteiger partial charge in [-0.1, -0.05) is 26.7 Å². The van der Waals surface area contributed by atoms with E-state index >= 15 is 0 Å². The van der Waals surface area contributed by atoms with E-state index in [0.29, 0.717) is 19.5 Å². The van der Waals surface area contributed by atoms with Crippen LogP contribution in [0.25, 0.3) is 0 Å². The number of hydrogen-bond acceptors (Lipinski definition) is 2.